The molecular formula is C7H15NS. The first-order valence-electron chi connectivity index (χ1n) is 3.16. The molecule has 0 bridgehead atoms. The zero-order chi connectivity index (χ0) is 7.54. The van der Waals surface area contributed by atoms with Crippen LogP contribution < -0.4 is 0 Å². The second kappa shape index (κ2) is 15.7. The fraction of sp³-hybridized carbons (Fsp3) is 0.571. The molecule has 0 aliphatic carbocycles. The van der Waals surface area contributed by atoms with Crippen molar-refractivity contribution in [2.75, 3.05) is 5.75 Å². The third-order valence-corrected chi connectivity index (χ3v) is 1.01. The topological polar surface area (TPSA) is 12.4 Å². The Hall–Kier alpha value is -0.240. The average Bonchev–Trinajstić information content (AvgIpc) is 1.94. The molecule has 54 valence electrons. The minimum absolute atomic E-state index is 1.08. The molecule has 0 unspecified atom stereocenters. The molecule has 0 spiro atoms. The van der Waals surface area contributed by atoms with Gasteiger partial charge in [0.05, 0.1) is 5.55 Å². The molecule has 0 N–H and O–H groups in total. The Labute approximate surface area is 62.3 Å². The highest BCUT2D eigenvalue weighted by Gasteiger charge is 1.66. The van der Waals surface area contributed by atoms with Gasteiger partial charge in [-0.05, 0) is 5.75 Å². The van der Waals surface area contributed by atoms with Crippen molar-refractivity contribution in [3.05, 3.63) is 12.8 Å². The van der Waals surface area contributed by atoms with Gasteiger partial charge in [-0.2, -0.15) is 0 Å². The number of aliphatic imine (C=N–C) groups is 1. The fourth-order valence-corrected chi connectivity index (χ4v) is 0.482. The van der Waals surface area contributed by atoms with Crippen molar-refractivity contribution in [2.24, 2.45) is 4.99 Å². The van der Waals surface area contributed by atoms with Crippen LogP contribution in [0.3, 0.4) is 0 Å². The van der Waals surface area contributed by atoms with Gasteiger partial charge in [0.25, 0.3) is 0 Å². The Morgan fingerprint density at radius 3 is 2.44 bits per heavy atom. The summed E-state index contributed by atoms with van der Waals surface area (Å²) < 4.78 is 0. The van der Waals surface area contributed by atoms with Gasteiger partial charge >= 0.3 is 0 Å². The van der Waals surface area contributed by atoms with Crippen LogP contribution in [-0.4, -0.2) is 11.3 Å². The standard InChI is InChI=1S/C5H9NS.C2H6/c1-3-6-5-7-4-2;1-2/h3,5H,1,4H2,2H3;1-2H3. The molecule has 0 saturated heterocycles. The monoisotopic (exact) mass is 145 g/mol. The highest BCUT2D eigenvalue weighted by molar-refractivity contribution is 8.12. The second-order valence-electron chi connectivity index (χ2n) is 0.892. The average molecular weight is 145 g/mol. The van der Waals surface area contributed by atoms with Crippen molar-refractivity contribution in [3.63, 3.8) is 0 Å². The summed E-state index contributed by atoms with van der Waals surface area (Å²) in [4.78, 5) is 3.76. The number of hydrogen-bond acceptors (Lipinski definition) is 2. The molecule has 0 aromatic carbocycles. The lowest BCUT2D eigenvalue weighted by Crippen LogP contribution is -1.62. The molecule has 0 aliphatic rings. The number of thioether (sulfide) groups is 1. The van der Waals surface area contributed by atoms with Crippen molar-refractivity contribution in [2.45, 2.75) is 20.8 Å². The predicted octanol–water partition coefficient (Wildman–Crippen LogP) is 2.94. The molecule has 0 aromatic heterocycles. The molecule has 0 rings (SSSR count). The maximum absolute atomic E-state index is 3.76. The summed E-state index contributed by atoms with van der Waals surface area (Å²) in [6, 6.07) is 0. The largest absolute Gasteiger partial charge is 0.259 e. The maximum atomic E-state index is 3.76. The van der Waals surface area contributed by atoms with Gasteiger partial charge in [0, 0.05) is 6.20 Å². The highest BCUT2D eigenvalue weighted by atomic mass is 32.2. The van der Waals surface area contributed by atoms with E-state index in [2.05, 4.69) is 18.5 Å². The van der Waals surface area contributed by atoms with Crippen molar-refractivity contribution in [1.29, 1.82) is 0 Å². The van der Waals surface area contributed by atoms with E-state index < -0.39 is 0 Å². The van der Waals surface area contributed by atoms with E-state index in [0.29, 0.717) is 0 Å². The van der Waals surface area contributed by atoms with Crippen molar-refractivity contribution < 1.29 is 0 Å². The van der Waals surface area contributed by atoms with E-state index in [1.807, 2.05) is 13.8 Å². The van der Waals surface area contributed by atoms with E-state index in [4.69, 9.17) is 0 Å². The summed E-state index contributed by atoms with van der Waals surface area (Å²) in [6.45, 7) is 9.50. The fourth-order valence-electron chi connectivity index (χ4n) is 0.161. The Kier molecular flexibility index (Phi) is 20.1. The first-order valence-corrected chi connectivity index (χ1v) is 4.20. The summed E-state index contributed by atoms with van der Waals surface area (Å²) in [7, 11) is 0. The third kappa shape index (κ3) is 18.2. The van der Waals surface area contributed by atoms with Crippen LogP contribution in [0.2, 0.25) is 0 Å². The normalized spacial score (nSPS) is 8.33. The van der Waals surface area contributed by atoms with Gasteiger partial charge in [0.15, 0.2) is 0 Å². The lowest BCUT2D eigenvalue weighted by atomic mass is 11.0. The molecule has 0 radical (unpaired) electrons. The van der Waals surface area contributed by atoms with Gasteiger partial charge in [-0.1, -0.05) is 27.4 Å². The summed E-state index contributed by atoms with van der Waals surface area (Å²) >= 11 is 1.67. The van der Waals surface area contributed by atoms with Crippen LogP contribution in [0.4, 0.5) is 0 Å². The van der Waals surface area contributed by atoms with Crippen LogP contribution in [0, 0.1) is 0 Å². The molecule has 9 heavy (non-hydrogen) atoms. The summed E-state index contributed by atoms with van der Waals surface area (Å²) in [5.74, 6) is 1.08. The van der Waals surface area contributed by atoms with E-state index in [-0.39, 0.29) is 0 Å². The molecular weight excluding hydrogens is 130 g/mol. The Morgan fingerprint density at radius 2 is 2.11 bits per heavy atom. The number of rotatable bonds is 3. The van der Waals surface area contributed by atoms with Crippen LogP contribution >= 0.6 is 11.8 Å². The number of nitrogens with zero attached hydrogens (tertiary/aromatic N) is 1. The van der Waals surface area contributed by atoms with Gasteiger partial charge < -0.3 is 0 Å². The quantitative estimate of drug-likeness (QED) is 0.439. The summed E-state index contributed by atoms with van der Waals surface area (Å²) in [6.07, 6.45) is 1.53. The molecule has 0 aliphatic heterocycles. The minimum Gasteiger partial charge on any atom is -0.259 e. The van der Waals surface area contributed by atoms with Gasteiger partial charge in [0.1, 0.15) is 0 Å². The number of hydrogen-bond donors (Lipinski definition) is 0. The molecule has 0 atom stereocenters. The zero-order valence-electron chi connectivity index (χ0n) is 6.42. The smallest absolute Gasteiger partial charge is 0.0596 e. The molecule has 0 aromatic rings. The molecule has 0 saturated carbocycles. The van der Waals surface area contributed by atoms with Crippen molar-refractivity contribution >= 4 is 17.3 Å². The van der Waals surface area contributed by atoms with Gasteiger partial charge in [-0.15, -0.1) is 11.8 Å². The zero-order valence-corrected chi connectivity index (χ0v) is 7.24. The van der Waals surface area contributed by atoms with E-state index in [0.717, 1.165) is 5.75 Å². The Balaban J connectivity index is 0. The van der Waals surface area contributed by atoms with Crippen LogP contribution in [0.1, 0.15) is 20.8 Å². The highest BCUT2D eigenvalue weighted by Crippen LogP contribution is 1.90. The van der Waals surface area contributed by atoms with E-state index in [1.165, 1.54) is 6.20 Å². The van der Waals surface area contributed by atoms with Gasteiger partial charge in [-0.3, -0.25) is 4.99 Å². The van der Waals surface area contributed by atoms with Crippen molar-refractivity contribution in [3.8, 4) is 0 Å². The van der Waals surface area contributed by atoms with E-state index in [1.54, 1.807) is 17.3 Å². The SMILES string of the molecule is C=CN=CSCC.CC. The van der Waals surface area contributed by atoms with Gasteiger partial charge in [-0.25, -0.2) is 0 Å². The first kappa shape index (κ1) is 11.5. The van der Waals surface area contributed by atoms with Crippen LogP contribution in [-0.2, 0) is 0 Å². The summed E-state index contributed by atoms with van der Waals surface area (Å²) in [5, 5.41) is 0. The minimum atomic E-state index is 1.08. The van der Waals surface area contributed by atoms with Crippen LogP contribution in [0.5, 0.6) is 0 Å². The second-order valence-corrected chi connectivity index (χ2v) is 2.01. The Bertz CT molecular complexity index is 69.3. The lowest BCUT2D eigenvalue weighted by Gasteiger charge is -1.77. The van der Waals surface area contributed by atoms with E-state index >= 15 is 0 Å². The van der Waals surface area contributed by atoms with Gasteiger partial charge in [0.2, 0.25) is 0 Å². The van der Waals surface area contributed by atoms with Crippen LogP contribution in [0.25, 0.3) is 0 Å². The summed E-state index contributed by atoms with van der Waals surface area (Å²) in [5.41, 5.74) is 1.78. The van der Waals surface area contributed by atoms with Crippen LogP contribution in [0.15, 0.2) is 17.8 Å². The van der Waals surface area contributed by atoms with Crippen molar-refractivity contribution in [1.82, 2.24) is 0 Å². The van der Waals surface area contributed by atoms with E-state index in [9.17, 15) is 0 Å². The first-order chi connectivity index (χ1) is 4.41. The molecule has 0 heterocycles. The maximum Gasteiger partial charge on any atom is 0.0596 e. The molecule has 2 heteroatoms. The predicted molar refractivity (Wildman–Crippen MR) is 48.2 cm³/mol. The molecule has 1 nitrogen and oxygen atoms in total. The molecule has 0 fully saturated rings. The third-order valence-electron chi connectivity index (χ3n) is 0.407. The Morgan fingerprint density at radius 1 is 1.56 bits per heavy atom. The lowest BCUT2D eigenvalue weighted by molar-refractivity contribution is 1.50. The molecule has 0 amide bonds.